The highest BCUT2D eigenvalue weighted by Gasteiger charge is 2.25. The van der Waals surface area contributed by atoms with E-state index in [9.17, 15) is 0 Å². The maximum atomic E-state index is 4.32. The van der Waals surface area contributed by atoms with E-state index in [2.05, 4.69) is 36.3 Å². The number of nitrogens with zero attached hydrogens (tertiary/aromatic N) is 1. The van der Waals surface area contributed by atoms with Crippen LogP contribution in [-0.2, 0) is 0 Å². The first-order valence-corrected chi connectivity index (χ1v) is 5.42. The van der Waals surface area contributed by atoms with Gasteiger partial charge in [0.15, 0.2) is 0 Å². The minimum Gasteiger partial charge on any atom is -0.370 e. The molecule has 1 aliphatic rings. The van der Waals surface area contributed by atoms with E-state index in [0.29, 0.717) is 0 Å². The van der Waals surface area contributed by atoms with Crippen LogP contribution in [0.2, 0.25) is 0 Å². The Kier molecular flexibility index (Phi) is 2.71. The molecule has 2 atom stereocenters. The van der Waals surface area contributed by atoms with Crippen LogP contribution in [0, 0.1) is 18.8 Å². The summed E-state index contributed by atoms with van der Waals surface area (Å²) in [5.74, 6) is 2.76. The molecule has 0 saturated heterocycles. The SMILES string of the molecule is Cc1ccc(NC[C@H]2CC[C@H]2C)nc1. The van der Waals surface area contributed by atoms with E-state index >= 15 is 0 Å². The smallest absolute Gasteiger partial charge is 0.125 e. The number of pyridine rings is 1. The average Bonchev–Trinajstić information content (AvgIpc) is 2.19. The summed E-state index contributed by atoms with van der Waals surface area (Å²) < 4.78 is 0. The maximum absolute atomic E-state index is 4.32. The molecule has 1 aliphatic carbocycles. The van der Waals surface area contributed by atoms with Gasteiger partial charge < -0.3 is 5.32 Å². The van der Waals surface area contributed by atoms with E-state index in [-0.39, 0.29) is 0 Å². The highest BCUT2D eigenvalue weighted by Crippen LogP contribution is 2.33. The van der Waals surface area contributed by atoms with Gasteiger partial charge in [0, 0.05) is 12.7 Å². The minimum absolute atomic E-state index is 0.859. The molecule has 1 fully saturated rings. The first-order chi connectivity index (χ1) is 6.75. The van der Waals surface area contributed by atoms with Gasteiger partial charge in [-0.15, -0.1) is 0 Å². The number of rotatable bonds is 3. The molecular formula is C12H18N2. The van der Waals surface area contributed by atoms with Crippen molar-refractivity contribution in [2.45, 2.75) is 26.7 Å². The summed E-state index contributed by atoms with van der Waals surface area (Å²) in [6.07, 6.45) is 4.68. The van der Waals surface area contributed by atoms with E-state index in [1.165, 1.54) is 18.4 Å². The van der Waals surface area contributed by atoms with E-state index in [0.717, 1.165) is 24.2 Å². The van der Waals surface area contributed by atoms with Crippen molar-refractivity contribution < 1.29 is 0 Å². The van der Waals surface area contributed by atoms with Gasteiger partial charge in [-0.3, -0.25) is 0 Å². The van der Waals surface area contributed by atoms with Crippen molar-refractivity contribution in [1.82, 2.24) is 4.98 Å². The molecule has 0 aromatic carbocycles. The number of nitrogens with one attached hydrogen (secondary N) is 1. The van der Waals surface area contributed by atoms with Crippen molar-refractivity contribution >= 4 is 5.82 Å². The molecule has 0 unspecified atom stereocenters. The molecule has 0 amide bonds. The number of aromatic nitrogens is 1. The lowest BCUT2D eigenvalue weighted by atomic mass is 9.75. The molecule has 1 aromatic rings. The Bertz CT molecular complexity index is 292. The lowest BCUT2D eigenvalue weighted by Crippen LogP contribution is -2.29. The molecule has 2 nitrogen and oxygen atoms in total. The molecule has 0 radical (unpaired) electrons. The van der Waals surface area contributed by atoms with Crippen LogP contribution in [0.3, 0.4) is 0 Å². The summed E-state index contributed by atoms with van der Waals surface area (Å²) in [5.41, 5.74) is 1.22. The second kappa shape index (κ2) is 3.99. The Morgan fingerprint density at radius 3 is 2.79 bits per heavy atom. The summed E-state index contributed by atoms with van der Waals surface area (Å²) in [5, 5.41) is 3.39. The van der Waals surface area contributed by atoms with E-state index < -0.39 is 0 Å². The van der Waals surface area contributed by atoms with Crippen LogP contribution in [0.15, 0.2) is 18.3 Å². The molecule has 2 heteroatoms. The zero-order chi connectivity index (χ0) is 9.97. The Balaban J connectivity index is 1.83. The summed E-state index contributed by atoms with van der Waals surface area (Å²) in [6.45, 7) is 5.47. The second-order valence-electron chi connectivity index (χ2n) is 4.42. The summed E-state index contributed by atoms with van der Waals surface area (Å²) in [7, 11) is 0. The lowest BCUT2D eigenvalue weighted by Gasteiger charge is -2.33. The van der Waals surface area contributed by atoms with Gasteiger partial charge in [-0.1, -0.05) is 19.4 Å². The third-order valence-electron chi connectivity index (χ3n) is 3.25. The van der Waals surface area contributed by atoms with E-state index in [1.807, 2.05) is 6.20 Å². The van der Waals surface area contributed by atoms with Gasteiger partial charge in [-0.2, -0.15) is 0 Å². The molecular weight excluding hydrogens is 172 g/mol. The Labute approximate surface area is 85.7 Å². The quantitative estimate of drug-likeness (QED) is 0.792. The highest BCUT2D eigenvalue weighted by molar-refractivity contribution is 5.35. The fourth-order valence-electron chi connectivity index (χ4n) is 1.85. The van der Waals surface area contributed by atoms with Crippen LogP contribution in [0.1, 0.15) is 25.3 Å². The summed E-state index contributed by atoms with van der Waals surface area (Å²) >= 11 is 0. The van der Waals surface area contributed by atoms with Crippen molar-refractivity contribution in [3.05, 3.63) is 23.9 Å². The van der Waals surface area contributed by atoms with Crippen LogP contribution in [0.5, 0.6) is 0 Å². The zero-order valence-electron chi connectivity index (χ0n) is 8.96. The third kappa shape index (κ3) is 2.06. The first kappa shape index (κ1) is 9.50. The third-order valence-corrected chi connectivity index (χ3v) is 3.25. The Morgan fingerprint density at radius 2 is 2.29 bits per heavy atom. The van der Waals surface area contributed by atoms with Crippen molar-refractivity contribution in [3.63, 3.8) is 0 Å². The number of hydrogen-bond donors (Lipinski definition) is 1. The Hall–Kier alpha value is -1.05. The highest BCUT2D eigenvalue weighted by atomic mass is 15.0. The number of aryl methyl sites for hydroxylation is 1. The summed E-state index contributed by atoms with van der Waals surface area (Å²) in [4.78, 5) is 4.32. The van der Waals surface area contributed by atoms with Crippen LogP contribution in [-0.4, -0.2) is 11.5 Å². The first-order valence-electron chi connectivity index (χ1n) is 5.42. The van der Waals surface area contributed by atoms with Crippen molar-refractivity contribution in [1.29, 1.82) is 0 Å². The molecule has 14 heavy (non-hydrogen) atoms. The van der Waals surface area contributed by atoms with Gasteiger partial charge >= 0.3 is 0 Å². The van der Waals surface area contributed by atoms with Gasteiger partial charge in [0.2, 0.25) is 0 Å². The minimum atomic E-state index is 0.859. The second-order valence-corrected chi connectivity index (χ2v) is 4.42. The van der Waals surface area contributed by atoms with Crippen LogP contribution < -0.4 is 5.32 Å². The molecule has 76 valence electrons. The average molecular weight is 190 g/mol. The molecule has 0 bridgehead atoms. The van der Waals surface area contributed by atoms with Crippen molar-refractivity contribution in [3.8, 4) is 0 Å². The topological polar surface area (TPSA) is 24.9 Å². The lowest BCUT2D eigenvalue weighted by molar-refractivity contribution is 0.210. The molecule has 1 aromatic heterocycles. The Morgan fingerprint density at radius 1 is 1.43 bits per heavy atom. The molecule has 2 rings (SSSR count). The molecule has 1 saturated carbocycles. The van der Waals surface area contributed by atoms with Crippen LogP contribution >= 0.6 is 0 Å². The molecule has 0 aliphatic heterocycles. The fourth-order valence-corrected chi connectivity index (χ4v) is 1.85. The van der Waals surface area contributed by atoms with Crippen molar-refractivity contribution in [2.24, 2.45) is 11.8 Å². The van der Waals surface area contributed by atoms with Gasteiger partial charge in [0.25, 0.3) is 0 Å². The van der Waals surface area contributed by atoms with Gasteiger partial charge in [-0.05, 0) is 36.8 Å². The summed E-state index contributed by atoms with van der Waals surface area (Å²) in [6, 6.07) is 4.15. The van der Waals surface area contributed by atoms with Crippen LogP contribution in [0.4, 0.5) is 5.82 Å². The predicted molar refractivity (Wildman–Crippen MR) is 59.4 cm³/mol. The van der Waals surface area contributed by atoms with E-state index in [4.69, 9.17) is 0 Å². The predicted octanol–water partition coefficient (Wildman–Crippen LogP) is 2.85. The maximum Gasteiger partial charge on any atom is 0.125 e. The zero-order valence-corrected chi connectivity index (χ0v) is 8.96. The van der Waals surface area contributed by atoms with Crippen molar-refractivity contribution in [2.75, 3.05) is 11.9 Å². The van der Waals surface area contributed by atoms with Crippen LogP contribution in [0.25, 0.3) is 0 Å². The largest absolute Gasteiger partial charge is 0.370 e. The molecule has 0 spiro atoms. The fraction of sp³-hybridized carbons (Fsp3) is 0.583. The van der Waals surface area contributed by atoms with Gasteiger partial charge in [0.05, 0.1) is 0 Å². The normalized spacial score (nSPS) is 25.6. The number of anilines is 1. The monoisotopic (exact) mass is 190 g/mol. The van der Waals surface area contributed by atoms with Gasteiger partial charge in [-0.25, -0.2) is 4.98 Å². The number of hydrogen-bond acceptors (Lipinski definition) is 2. The molecule has 1 heterocycles. The van der Waals surface area contributed by atoms with Gasteiger partial charge in [0.1, 0.15) is 5.82 Å². The standard InChI is InChI=1S/C12H18N2/c1-9-3-6-12(13-7-9)14-8-11-5-4-10(11)2/h3,6-7,10-11H,4-5,8H2,1-2H3,(H,13,14)/t10-,11-/m1/s1. The van der Waals surface area contributed by atoms with E-state index in [1.54, 1.807) is 0 Å². The molecule has 1 N–H and O–H groups in total.